The molecule has 0 radical (unpaired) electrons. The molecule has 0 saturated carbocycles. The summed E-state index contributed by atoms with van der Waals surface area (Å²) in [5.74, 6) is 0.0551. The van der Waals surface area contributed by atoms with Gasteiger partial charge in [0.1, 0.15) is 5.75 Å². The number of fused-ring (bicyclic) bond motifs is 1. The van der Waals surface area contributed by atoms with Crippen molar-refractivity contribution >= 4 is 27.9 Å². The molecule has 1 amide bonds. The van der Waals surface area contributed by atoms with Crippen molar-refractivity contribution in [2.45, 2.75) is 33.7 Å². The summed E-state index contributed by atoms with van der Waals surface area (Å²) in [4.78, 5) is 19.7. The van der Waals surface area contributed by atoms with Crippen molar-refractivity contribution in [2.75, 3.05) is 13.1 Å². The van der Waals surface area contributed by atoms with Crippen molar-refractivity contribution < 1.29 is 9.90 Å². The number of aromatic hydroxyl groups is 1. The largest absolute Gasteiger partial charge is 0.508 e. The molecule has 2 heterocycles. The van der Waals surface area contributed by atoms with E-state index < -0.39 is 0 Å². The molecule has 2 aromatic heterocycles. The van der Waals surface area contributed by atoms with Crippen molar-refractivity contribution in [1.82, 2.24) is 19.7 Å². The molecule has 0 aliphatic rings. The van der Waals surface area contributed by atoms with Crippen LogP contribution in [-0.2, 0) is 17.8 Å². The van der Waals surface area contributed by atoms with Gasteiger partial charge >= 0.3 is 0 Å². The van der Waals surface area contributed by atoms with E-state index in [-0.39, 0.29) is 18.1 Å². The van der Waals surface area contributed by atoms with Crippen molar-refractivity contribution in [3.05, 3.63) is 52.8 Å². The van der Waals surface area contributed by atoms with Crippen LogP contribution in [0, 0.1) is 0 Å². The highest BCUT2D eigenvalue weighted by atomic mass is 32.1. The number of phenols is 1. The van der Waals surface area contributed by atoms with Crippen LogP contribution in [0.5, 0.6) is 5.75 Å². The van der Waals surface area contributed by atoms with Crippen LogP contribution in [0.15, 0.2) is 41.1 Å². The maximum Gasteiger partial charge on any atom is 0.246 e. The zero-order valence-electron chi connectivity index (χ0n) is 16.3. The highest BCUT2D eigenvalue weighted by Crippen LogP contribution is 2.21. The molecule has 148 valence electrons. The fourth-order valence-corrected chi connectivity index (χ4v) is 3.62. The fraction of sp³-hybridized carbons (Fsp3) is 0.350. The lowest BCUT2D eigenvalue weighted by Crippen LogP contribution is -2.22. The second-order valence-corrected chi connectivity index (χ2v) is 7.41. The van der Waals surface area contributed by atoms with Gasteiger partial charge in [-0.2, -0.15) is 5.10 Å². The van der Waals surface area contributed by atoms with E-state index in [1.807, 2.05) is 35.2 Å². The summed E-state index contributed by atoms with van der Waals surface area (Å²) in [5, 5.41) is 16.3. The molecule has 7 nitrogen and oxygen atoms in total. The van der Waals surface area contributed by atoms with Crippen LogP contribution in [-0.4, -0.2) is 44.1 Å². The number of hydrogen-bond acceptors (Lipinski definition) is 6. The molecule has 2 N–H and O–H groups in total. The normalized spacial score (nSPS) is 12.1. The summed E-state index contributed by atoms with van der Waals surface area (Å²) in [6.07, 6.45) is 3.94. The molecule has 3 aromatic rings. The Morgan fingerprint density at radius 3 is 2.86 bits per heavy atom. The Morgan fingerprint density at radius 1 is 1.36 bits per heavy atom. The number of imidazole rings is 1. The number of phenolic OH excluding ortho intramolecular Hbond substituents is 1. The lowest BCUT2D eigenvalue weighted by atomic mass is 10.1. The van der Waals surface area contributed by atoms with Crippen LogP contribution in [0.4, 0.5) is 0 Å². The number of hydrogen-bond donors (Lipinski definition) is 2. The van der Waals surface area contributed by atoms with Gasteiger partial charge in [-0.05, 0) is 43.8 Å². The van der Waals surface area contributed by atoms with E-state index in [4.69, 9.17) is 0 Å². The van der Waals surface area contributed by atoms with E-state index in [0.29, 0.717) is 18.0 Å². The SMILES string of the molecule is CCN(CC)Cc1cc(/C(C)=N/NC(=O)Cc2cn3ccsc3n2)ccc1O. The molecular weight excluding hydrogens is 374 g/mol. The zero-order valence-corrected chi connectivity index (χ0v) is 17.2. The molecule has 0 aliphatic carbocycles. The molecule has 3 rings (SSSR count). The van der Waals surface area contributed by atoms with Crippen LogP contribution in [0.25, 0.3) is 4.96 Å². The summed E-state index contributed by atoms with van der Waals surface area (Å²) in [5.41, 5.74) is 5.70. The summed E-state index contributed by atoms with van der Waals surface area (Å²) >= 11 is 1.53. The molecule has 8 heteroatoms. The van der Waals surface area contributed by atoms with E-state index in [1.54, 1.807) is 12.1 Å². The van der Waals surface area contributed by atoms with E-state index >= 15 is 0 Å². The average Bonchev–Trinajstić information content (AvgIpc) is 3.27. The van der Waals surface area contributed by atoms with E-state index in [1.165, 1.54) is 11.3 Å². The van der Waals surface area contributed by atoms with Crippen LogP contribution >= 0.6 is 11.3 Å². The third kappa shape index (κ3) is 4.76. The number of carbonyl (C=O) groups excluding carboxylic acids is 1. The van der Waals surface area contributed by atoms with Crippen LogP contribution in [0.3, 0.4) is 0 Å². The van der Waals surface area contributed by atoms with E-state index in [2.05, 4.69) is 34.3 Å². The zero-order chi connectivity index (χ0) is 20.1. The highest BCUT2D eigenvalue weighted by molar-refractivity contribution is 7.15. The first kappa shape index (κ1) is 20.0. The predicted octanol–water partition coefficient (Wildman–Crippen LogP) is 3.03. The molecule has 0 saturated heterocycles. The number of amides is 1. The number of rotatable bonds is 8. The first-order chi connectivity index (χ1) is 13.5. The minimum Gasteiger partial charge on any atom is -0.508 e. The van der Waals surface area contributed by atoms with Crippen molar-refractivity contribution in [2.24, 2.45) is 5.10 Å². The molecule has 1 aromatic carbocycles. The Bertz CT molecular complexity index is 959. The van der Waals surface area contributed by atoms with Crippen molar-refractivity contribution in [1.29, 1.82) is 0 Å². The Balaban J connectivity index is 1.65. The number of carbonyl (C=O) groups is 1. The molecule has 0 bridgehead atoms. The Labute approximate surface area is 168 Å². The van der Waals surface area contributed by atoms with Gasteiger partial charge in [0.2, 0.25) is 5.91 Å². The fourth-order valence-electron chi connectivity index (χ4n) is 2.90. The second-order valence-electron chi connectivity index (χ2n) is 6.54. The summed E-state index contributed by atoms with van der Waals surface area (Å²) < 4.78 is 1.90. The number of benzene rings is 1. The van der Waals surface area contributed by atoms with Gasteiger partial charge in [0.15, 0.2) is 4.96 Å². The van der Waals surface area contributed by atoms with Gasteiger partial charge in [-0.25, -0.2) is 10.4 Å². The lowest BCUT2D eigenvalue weighted by molar-refractivity contribution is -0.120. The minimum atomic E-state index is -0.216. The molecule has 0 aliphatic heterocycles. The van der Waals surface area contributed by atoms with Crippen LogP contribution < -0.4 is 5.43 Å². The van der Waals surface area contributed by atoms with E-state index in [0.717, 1.165) is 29.2 Å². The van der Waals surface area contributed by atoms with E-state index in [9.17, 15) is 9.90 Å². The number of aromatic nitrogens is 2. The Kier molecular flexibility index (Phi) is 6.43. The van der Waals surface area contributed by atoms with Gasteiger partial charge in [-0.1, -0.05) is 13.8 Å². The topological polar surface area (TPSA) is 82.2 Å². The standard InChI is InChI=1S/C20H25N5O2S/c1-4-24(5-2)12-16-10-15(6-7-18(16)26)14(3)22-23-19(27)11-17-13-25-8-9-28-20(25)21-17/h6-10,13,26H,4-5,11-12H2,1-3H3,(H,23,27)/b22-14+. The average molecular weight is 400 g/mol. The molecule has 0 spiro atoms. The van der Waals surface area contributed by atoms with Gasteiger partial charge in [0.05, 0.1) is 17.8 Å². The summed E-state index contributed by atoms with van der Waals surface area (Å²) in [7, 11) is 0. The first-order valence-corrected chi connectivity index (χ1v) is 10.2. The van der Waals surface area contributed by atoms with Crippen LogP contribution in [0.1, 0.15) is 37.6 Å². The predicted molar refractivity (Wildman–Crippen MR) is 112 cm³/mol. The Morgan fingerprint density at radius 2 is 2.14 bits per heavy atom. The van der Waals surface area contributed by atoms with Gasteiger partial charge in [-0.15, -0.1) is 11.3 Å². The van der Waals surface area contributed by atoms with Gasteiger partial charge in [-0.3, -0.25) is 14.1 Å². The maximum atomic E-state index is 12.2. The quantitative estimate of drug-likeness (QED) is 0.451. The number of nitrogens with zero attached hydrogens (tertiary/aromatic N) is 4. The number of thiazole rings is 1. The molecule has 0 unspecified atom stereocenters. The highest BCUT2D eigenvalue weighted by Gasteiger charge is 2.10. The van der Waals surface area contributed by atoms with Gasteiger partial charge in [0, 0.05) is 29.9 Å². The maximum absolute atomic E-state index is 12.2. The van der Waals surface area contributed by atoms with Gasteiger partial charge in [0.25, 0.3) is 0 Å². The van der Waals surface area contributed by atoms with Crippen molar-refractivity contribution in [3.63, 3.8) is 0 Å². The number of hydrazone groups is 1. The third-order valence-corrected chi connectivity index (χ3v) is 5.39. The summed E-state index contributed by atoms with van der Waals surface area (Å²) in [6.45, 7) is 8.51. The minimum absolute atomic E-state index is 0.175. The third-order valence-electron chi connectivity index (χ3n) is 4.62. The smallest absolute Gasteiger partial charge is 0.246 e. The molecular formula is C20H25N5O2S. The molecule has 0 fully saturated rings. The number of nitrogens with one attached hydrogen (secondary N) is 1. The van der Waals surface area contributed by atoms with Crippen LogP contribution in [0.2, 0.25) is 0 Å². The molecule has 0 atom stereocenters. The molecule has 28 heavy (non-hydrogen) atoms. The Hall–Kier alpha value is -2.71. The summed E-state index contributed by atoms with van der Waals surface area (Å²) in [6, 6.07) is 5.39. The lowest BCUT2D eigenvalue weighted by Gasteiger charge is -2.19. The van der Waals surface area contributed by atoms with Gasteiger partial charge < -0.3 is 5.11 Å². The monoisotopic (exact) mass is 399 g/mol. The first-order valence-electron chi connectivity index (χ1n) is 9.29. The van der Waals surface area contributed by atoms with Crippen molar-refractivity contribution in [3.8, 4) is 5.75 Å². The second kappa shape index (κ2) is 8.99.